The minimum absolute atomic E-state index is 0.0495. The Morgan fingerprint density at radius 1 is 1.10 bits per heavy atom. The Kier molecular flexibility index (Phi) is 2.95. The fourth-order valence-electron chi connectivity index (χ4n) is 1.97. The van der Waals surface area contributed by atoms with Gasteiger partial charge >= 0.3 is 5.82 Å². The highest BCUT2D eigenvalue weighted by molar-refractivity contribution is 7.90. The molecule has 0 unspecified atom stereocenters. The summed E-state index contributed by atoms with van der Waals surface area (Å²) in [5, 5.41) is 12.3. The van der Waals surface area contributed by atoms with Crippen molar-refractivity contribution in [2.75, 3.05) is 0 Å². The lowest BCUT2D eigenvalue weighted by molar-refractivity contribution is -0.389. The highest BCUT2D eigenvalue weighted by atomic mass is 32.2. The third-order valence-electron chi connectivity index (χ3n) is 3.03. The van der Waals surface area contributed by atoms with Crippen molar-refractivity contribution in [2.45, 2.75) is 4.90 Å². The minimum atomic E-state index is -3.89. The molecule has 0 fully saturated rings. The number of nitro groups is 1. The van der Waals surface area contributed by atoms with Crippen LogP contribution in [0.4, 0.5) is 5.82 Å². The van der Waals surface area contributed by atoms with Gasteiger partial charge in [0.15, 0.2) is 0 Å². The summed E-state index contributed by atoms with van der Waals surface area (Å²) in [6.07, 6.45) is 1.80. The Morgan fingerprint density at radius 3 is 2.48 bits per heavy atom. The highest BCUT2D eigenvalue weighted by Gasteiger charge is 2.22. The molecule has 0 aliphatic rings. The van der Waals surface area contributed by atoms with Gasteiger partial charge in [-0.3, -0.25) is 0 Å². The van der Waals surface area contributed by atoms with Crippen molar-refractivity contribution in [3.05, 3.63) is 65.1 Å². The molecule has 0 atom stereocenters. The van der Waals surface area contributed by atoms with Gasteiger partial charge in [0.05, 0.1) is 4.90 Å². The summed E-state index contributed by atoms with van der Waals surface area (Å²) in [4.78, 5) is 13.3. The predicted octanol–water partition coefficient (Wildman–Crippen LogP) is 2.18. The zero-order valence-electron chi connectivity index (χ0n) is 10.6. The Bertz CT molecular complexity index is 947. The van der Waals surface area contributed by atoms with Gasteiger partial charge in [-0.1, -0.05) is 30.3 Å². The lowest BCUT2D eigenvalue weighted by Crippen LogP contribution is -2.10. The molecule has 0 saturated carbocycles. The number of hydrogen-bond donors (Lipinski definition) is 0. The number of benzene rings is 2. The van der Waals surface area contributed by atoms with Crippen molar-refractivity contribution < 1.29 is 13.3 Å². The zero-order chi connectivity index (χ0) is 15.0. The zero-order valence-corrected chi connectivity index (χ0v) is 11.4. The van der Waals surface area contributed by atoms with E-state index in [0.717, 1.165) is 27.3 Å². The van der Waals surface area contributed by atoms with E-state index in [-0.39, 0.29) is 4.90 Å². The first kappa shape index (κ1) is 13.3. The van der Waals surface area contributed by atoms with E-state index in [9.17, 15) is 18.5 Å². The molecule has 0 N–H and O–H groups in total. The smallest absolute Gasteiger partial charge is 0.358 e. The van der Waals surface area contributed by atoms with Gasteiger partial charge in [-0.05, 0) is 32.8 Å². The second-order valence-corrected chi connectivity index (χ2v) is 6.18. The van der Waals surface area contributed by atoms with Crippen LogP contribution in [0.25, 0.3) is 10.8 Å². The van der Waals surface area contributed by atoms with E-state index in [2.05, 4.69) is 4.98 Å². The van der Waals surface area contributed by atoms with Crippen molar-refractivity contribution >= 4 is 26.6 Å². The molecular weight excluding hydrogens is 294 g/mol. The lowest BCUT2D eigenvalue weighted by atomic mass is 10.1. The van der Waals surface area contributed by atoms with E-state index >= 15 is 0 Å². The van der Waals surface area contributed by atoms with Crippen LogP contribution in [-0.4, -0.2) is 22.3 Å². The molecule has 3 rings (SSSR count). The molecule has 0 aliphatic heterocycles. The van der Waals surface area contributed by atoms with Crippen molar-refractivity contribution in [1.29, 1.82) is 0 Å². The van der Waals surface area contributed by atoms with Crippen molar-refractivity contribution in [3.63, 3.8) is 0 Å². The maximum Gasteiger partial charge on any atom is 0.382 e. The quantitative estimate of drug-likeness (QED) is 0.546. The summed E-state index contributed by atoms with van der Waals surface area (Å²) in [6, 6.07) is 12.0. The molecule has 7 nitrogen and oxygen atoms in total. The van der Waals surface area contributed by atoms with Crippen molar-refractivity contribution in [3.8, 4) is 0 Å². The average molecular weight is 303 g/mol. The van der Waals surface area contributed by atoms with Crippen LogP contribution in [0.1, 0.15) is 0 Å². The van der Waals surface area contributed by atoms with Gasteiger partial charge in [0.2, 0.25) is 6.33 Å². The van der Waals surface area contributed by atoms with Gasteiger partial charge in [0.1, 0.15) is 6.20 Å². The SMILES string of the molecule is O=[N+]([O-])c1cn(S(=O)(=O)c2ccc3ccccc3c2)cn1. The van der Waals surface area contributed by atoms with Crippen LogP contribution in [0.15, 0.2) is 59.9 Å². The number of rotatable bonds is 3. The summed E-state index contributed by atoms with van der Waals surface area (Å²) >= 11 is 0. The van der Waals surface area contributed by atoms with Gasteiger partial charge in [-0.25, -0.2) is 12.4 Å². The molecule has 1 heterocycles. The molecule has 106 valence electrons. The van der Waals surface area contributed by atoms with Crippen LogP contribution >= 0.6 is 0 Å². The summed E-state index contributed by atoms with van der Waals surface area (Å²) in [7, 11) is -3.89. The number of hydrogen-bond acceptors (Lipinski definition) is 5. The predicted molar refractivity (Wildman–Crippen MR) is 75.4 cm³/mol. The molecule has 3 aromatic rings. The van der Waals surface area contributed by atoms with Crippen molar-refractivity contribution in [2.24, 2.45) is 0 Å². The third-order valence-corrected chi connectivity index (χ3v) is 4.63. The molecular formula is C13H9N3O4S. The largest absolute Gasteiger partial charge is 0.382 e. The van der Waals surface area contributed by atoms with Crippen LogP contribution in [-0.2, 0) is 10.0 Å². The molecule has 0 spiro atoms. The maximum atomic E-state index is 12.4. The topological polar surface area (TPSA) is 95.1 Å². The molecule has 8 heteroatoms. The fraction of sp³-hybridized carbons (Fsp3) is 0. The van der Waals surface area contributed by atoms with E-state index in [1.165, 1.54) is 12.1 Å². The van der Waals surface area contributed by atoms with Gasteiger partial charge in [0, 0.05) is 0 Å². The molecule has 0 radical (unpaired) electrons. The molecule has 0 saturated heterocycles. The van der Waals surface area contributed by atoms with Crippen LogP contribution < -0.4 is 0 Å². The summed E-state index contributed by atoms with van der Waals surface area (Å²) in [6.45, 7) is 0. The van der Waals surface area contributed by atoms with E-state index in [1.54, 1.807) is 18.2 Å². The summed E-state index contributed by atoms with van der Waals surface area (Å²) < 4.78 is 25.6. The standard InChI is InChI=1S/C13H9N3O4S/c17-16(18)13-8-15(9-14-13)21(19,20)12-6-5-10-3-1-2-4-11(10)7-12/h1-9H. The number of nitrogens with zero attached hydrogens (tertiary/aromatic N) is 3. The third kappa shape index (κ3) is 2.25. The van der Waals surface area contributed by atoms with E-state index in [4.69, 9.17) is 0 Å². The molecule has 1 aromatic heterocycles. The first-order valence-corrected chi connectivity index (χ1v) is 7.35. The highest BCUT2D eigenvalue weighted by Crippen LogP contribution is 2.21. The van der Waals surface area contributed by atoms with E-state index < -0.39 is 20.8 Å². The molecule has 21 heavy (non-hydrogen) atoms. The van der Waals surface area contributed by atoms with Crippen LogP contribution in [0, 0.1) is 10.1 Å². The normalized spacial score (nSPS) is 11.6. The van der Waals surface area contributed by atoms with Gasteiger partial charge in [0.25, 0.3) is 10.0 Å². The Balaban J connectivity index is 2.12. The molecule has 0 aliphatic carbocycles. The average Bonchev–Trinajstić information content (AvgIpc) is 2.97. The van der Waals surface area contributed by atoms with E-state index in [1.807, 2.05) is 12.1 Å². The monoisotopic (exact) mass is 303 g/mol. The minimum Gasteiger partial charge on any atom is -0.358 e. The second-order valence-electron chi connectivity index (χ2n) is 4.33. The lowest BCUT2D eigenvalue weighted by Gasteiger charge is -2.05. The van der Waals surface area contributed by atoms with E-state index in [0.29, 0.717) is 0 Å². The fourth-order valence-corrected chi connectivity index (χ4v) is 3.14. The van der Waals surface area contributed by atoms with Crippen LogP contribution in [0.2, 0.25) is 0 Å². The van der Waals surface area contributed by atoms with Gasteiger partial charge in [-0.2, -0.15) is 0 Å². The second kappa shape index (κ2) is 4.67. The van der Waals surface area contributed by atoms with Gasteiger partial charge in [-0.15, -0.1) is 0 Å². The number of aromatic nitrogens is 2. The van der Waals surface area contributed by atoms with Crippen LogP contribution in [0.5, 0.6) is 0 Å². The van der Waals surface area contributed by atoms with Crippen LogP contribution in [0.3, 0.4) is 0 Å². The maximum absolute atomic E-state index is 12.4. The Labute approximate surface area is 119 Å². The number of imidazole rings is 1. The Morgan fingerprint density at radius 2 is 1.81 bits per heavy atom. The first-order valence-electron chi connectivity index (χ1n) is 5.91. The van der Waals surface area contributed by atoms with Gasteiger partial charge < -0.3 is 10.1 Å². The molecule has 2 aromatic carbocycles. The first-order chi connectivity index (χ1) is 9.98. The van der Waals surface area contributed by atoms with Crippen molar-refractivity contribution in [1.82, 2.24) is 8.96 Å². The number of fused-ring (bicyclic) bond motifs is 1. The Hall–Kier alpha value is -2.74. The summed E-state index contributed by atoms with van der Waals surface area (Å²) in [5.41, 5.74) is 0. The summed E-state index contributed by atoms with van der Waals surface area (Å²) in [5.74, 6) is -0.514. The molecule has 0 amide bonds. The molecule has 0 bridgehead atoms.